The Balaban J connectivity index is 3.18. The van der Waals surface area contributed by atoms with Crippen LogP contribution in [0, 0.1) is 12.7 Å². The zero-order chi connectivity index (χ0) is 10.7. The van der Waals surface area contributed by atoms with Crippen molar-refractivity contribution in [3.63, 3.8) is 0 Å². The normalized spacial score (nSPS) is 11.9. The van der Waals surface area contributed by atoms with Crippen LogP contribution in [-0.2, 0) is 0 Å². The highest BCUT2D eigenvalue weighted by Gasteiger charge is 2.07. The van der Waals surface area contributed by atoms with Crippen molar-refractivity contribution in [2.45, 2.75) is 6.92 Å². The molecule has 0 saturated carbocycles. The van der Waals surface area contributed by atoms with Gasteiger partial charge in [0.1, 0.15) is 11.7 Å². The molecule has 0 aromatic heterocycles. The second-order valence-electron chi connectivity index (χ2n) is 2.74. The maximum absolute atomic E-state index is 13.0. The fourth-order valence-corrected chi connectivity index (χ4v) is 1.17. The monoisotopic (exact) mass is 234 g/mol. The molecule has 2 nitrogen and oxygen atoms in total. The molecule has 5 heteroatoms. The molecule has 0 aliphatic carbocycles. The van der Waals surface area contributed by atoms with E-state index >= 15 is 0 Å². The van der Waals surface area contributed by atoms with Gasteiger partial charge in [0.2, 0.25) is 0 Å². The van der Waals surface area contributed by atoms with Crippen molar-refractivity contribution in [3.05, 3.63) is 28.5 Å². The molecule has 2 N–H and O–H groups in total. The third kappa shape index (κ3) is 2.36. The van der Waals surface area contributed by atoms with Gasteiger partial charge in [0.05, 0.1) is 16.6 Å². The summed E-state index contributed by atoms with van der Waals surface area (Å²) >= 11 is 11.3. The first-order valence-electron chi connectivity index (χ1n) is 3.90. The summed E-state index contributed by atoms with van der Waals surface area (Å²) in [5, 5.41) is 0.262. The molecular weight excluding hydrogens is 226 g/mol. The van der Waals surface area contributed by atoms with Gasteiger partial charge in [-0.2, -0.15) is 0 Å². The largest absolute Gasteiger partial charge is 0.386 e. The Labute approximate surface area is 91.5 Å². The Morgan fingerprint density at radius 3 is 2.79 bits per heavy atom. The summed E-state index contributed by atoms with van der Waals surface area (Å²) in [6, 6.07) is 2.76. The van der Waals surface area contributed by atoms with Gasteiger partial charge in [-0.3, -0.25) is 0 Å². The van der Waals surface area contributed by atoms with Crippen molar-refractivity contribution in [2.75, 3.05) is 5.88 Å². The van der Waals surface area contributed by atoms with E-state index in [4.69, 9.17) is 28.9 Å². The van der Waals surface area contributed by atoms with Crippen LogP contribution in [0.15, 0.2) is 17.1 Å². The van der Waals surface area contributed by atoms with Crippen molar-refractivity contribution in [1.29, 1.82) is 0 Å². The highest BCUT2D eigenvalue weighted by molar-refractivity contribution is 6.34. The molecule has 0 spiro atoms. The molecule has 14 heavy (non-hydrogen) atoms. The fourth-order valence-electron chi connectivity index (χ4n) is 0.918. The number of amidine groups is 1. The van der Waals surface area contributed by atoms with E-state index in [0.717, 1.165) is 0 Å². The minimum atomic E-state index is -0.363. The number of halogens is 3. The van der Waals surface area contributed by atoms with Crippen molar-refractivity contribution in [1.82, 2.24) is 0 Å². The van der Waals surface area contributed by atoms with Gasteiger partial charge in [0, 0.05) is 5.56 Å². The lowest BCUT2D eigenvalue weighted by Gasteiger charge is -2.03. The van der Waals surface area contributed by atoms with Crippen LogP contribution >= 0.6 is 23.2 Å². The standard InChI is InChI=1S/C9H9Cl2FN2/c1-5-6(12)2-3-7(9(5)11)14-8(13)4-10/h2-3H,4H2,1H3,(H2,13,14). The van der Waals surface area contributed by atoms with E-state index in [-0.39, 0.29) is 22.6 Å². The van der Waals surface area contributed by atoms with Crippen LogP contribution in [0.2, 0.25) is 5.02 Å². The van der Waals surface area contributed by atoms with Crippen LogP contribution in [0.25, 0.3) is 0 Å². The third-order valence-electron chi connectivity index (χ3n) is 1.70. The molecule has 1 aromatic carbocycles. The number of nitrogens with two attached hydrogens (primary N) is 1. The molecule has 0 aliphatic rings. The lowest BCUT2D eigenvalue weighted by atomic mass is 10.2. The minimum absolute atomic E-state index is 0.118. The molecule has 0 heterocycles. The van der Waals surface area contributed by atoms with Gasteiger partial charge in [0.25, 0.3) is 0 Å². The lowest BCUT2D eigenvalue weighted by molar-refractivity contribution is 0.619. The predicted octanol–water partition coefficient (Wildman–Crippen LogP) is 3.02. The SMILES string of the molecule is Cc1c(F)ccc(N=C(N)CCl)c1Cl. The van der Waals surface area contributed by atoms with E-state index in [1.54, 1.807) is 6.92 Å². The minimum Gasteiger partial charge on any atom is -0.386 e. The van der Waals surface area contributed by atoms with Gasteiger partial charge in [0.15, 0.2) is 0 Å². The van der Waals surface area contributed by atoms with Crippen LogP contribution in [0.4, 0.5) is 10.1 Å². The Morgan fingerprint density at radius 2 is 2.21 bits per heavy atom. The third-order valence-corrected chi connectivity index (χ3v) is 2.45. The molecule has 0 unspecified atom stereocenters. The molecule has 0 radical (unpaired) electrons. The Hall–Kier alpha value is -0.800. The Morgan fingerprint density at radius 1 is 1.57 bits per heavy atom. The van der Waals surface area contributed by atoms with Crippen molar-refractivity contribution < 1.29 is 4.39 Å². The number of alkyl halides is 1. The molecule has 1 aromatic rings. The van der Waals surface area contributed by atoms with Crippen LogP contribution in [-0.4, -0.2) is 11.7 Å². The Kier molecular flexibility index (Phi) is 3.72. The number of nitrogens with zero attached hydrogens (tertiary/aromatic N) is 1. The molecule has 0 amide bonds. The van der Waals surface area contributed by atoms with Gasteiger partial charge >= 0.3 is 0 Å². The van der Waals surface area contributed by atoms with Crippen LogP contribution < -0.4 is 5.73 Å². The summed E-state index contributed by atoms with van der Waals surface area (Å²) in [4.78, 5) is 3.94. The van der Waals surface area contributed by atoms with E-state index in [2.05, 4.69) is 4.99 Å². The molecular formula is C9H9Cl2FN2. The molecule has 0 fully saturated rings. The van der Waals surface area contributed by atoms with Crippen LogP contribution in [0.1, 0.15) is 5.56 Å². The second-order valence-corrected chi connectivity index (χ2v) is 3.39. The zero-order valence-electron chi connectivity index (χ0n) is 7.52. The van der Waals surface area contributed by atoms with Gasteiger partial charge < -0.3 is 5.73 Å². The van der Waals surface area contributed by atoms with Gasteiger partial charge in [-0.05, 0) is 19.1 Å². The van der Waals surface area contributed by atoms with Gasteiger partial charge in [-0.25, -0.2) is 9.38 Å². The van der Waals surface area contributed by atoms with E-state index in [1.807, 2.05) is 0 Å². The number of aliphatic imine (C=N–C) groups is 1. The summed E-state index contributed by atoms with van der Waals surface area (Å²) in [6.45, 7) is 1.58. The average molecular weight is 235 g/mol. The molecule has 1 rings (SSSR count). The van der Waals surface area contributed by atoms with Crippen molar-refractivity contribution in [2.24, 2.45) is 10.7 Å². The summed E-state index contributed by atoms with van der Waals surface area (Å²) in [5.74, 6) is 0.00482. The fraction of sp³-hybridized carbons (Fsp3) is 0.222. The summed E-state index contributed by atoms with van der Waals surface area (Å²) in [6.07, 6.45) is 0. The first-order chi connectivity index (χ1) is 6.56. The number of hydrogen-bond donors (Lipinski definition) is 1. The van der Waals surface area contributed by atoms with Crippen molar-refractivity contribution >= 4 is 34.7 Å². The first kappa shape index (κ1) is 11.3. The van der Waals surface area contributed by atoms with E-state index in [9.17, 15) is 4.39 Å². The predicted molar refractivity (Wildman–Crippen MR) is 58.1 cm³/mol. The summed E-state index contributed by atoms with van der Waals surface area (Å²) in [5.41, 5.74) is 6.22. The number of hydrogen-bond acceptors (Lipinski definition) is 1. The topological polar surface area (TPSA) is 38.4 Å². The summed E-state index contributed by atoms with van der Waals surface area (Å²) < 4.78 is 13.0. The average Bonchev–Trinajstić information content (AvgIpc) is 2.19. The highest BCUT2D eigenvalue weighted by atomic mass is 35.5. The van der Waals surface area contributed by atoms with Gasteiger partial charge in [-0.1, -0.05) is 11.6 Å². The molecule has 76 valence electrons. The summed E-state index contributed by atoms with van der Waals surface area (Å²) in [7, 11) is 0. The first-order valence-corrected chi connectivity index (χ1v) is 4.81. The number of rotatable bonds is 2. The molecule has 0 atom stereocenters. The molecule has 0 saturated heterocycles. The van der Waals surface area contributed by atoms with E-state index in [0.29, 0.717) is 11.3 Å². The lowest BCUT2D eigenvalue weighted by Crippen LogP contribution is -2.12. The Bertz CT molecular complexity index is 377. The van der Waals surface area contributed by atoms with Crippen LogP contribution in [0.3, 0.4) is 0 Å². The second kappa shape index (κ2) is 4.62. The van der Waals surface area contributed by atoms with Crippen molar-refractivity contribution in [3.8, 4) is 0 Å². The highest BCUT2D eigenvalue weighted by Crippen LogP contribution is 2.29. The smallest absolute Gasteiger partial charge is 0.127 e. The quantitative estimate of drug-likeness (QED) is 0.477. The molecule has 0 bridgehead atoms. The maximum Gasteiger partial charge on any atom is 0.127 e. The zero-order valence-corrected chi connectivity index (χ0v) is 9.03. The maximum atomic E-state index is 13.0. The van der Waals surface area contributed by atoms with E-state index in [1.165, 1.54) is 12.1 Å². The van der Waals surface area contributed by atoms with Gasteiger partial charge in [-0.15, -0.1) is 11.6 Å². The van der Waals surface area contributed by atoms with Crippen LogP contribution in [0.5, 0.6) is 0 Å². The number of benzene rings is 1. The van der Waals surface area contributed by atoms with E-state index < -0.39 is 0 Å². The molecule has 0 aliphatic heterocycles.